The van der Waals surface area contributed by atoms with E-state index < -0.39 is 17.6 Å². The van der Waals surface area contributed by atoms with Gasteiger partial charge < -0.3 is 25.4 Å². The molecule has 3 amide bonds. The maximum Gasteiger partial charge on any atom is 0.408 e. The van der Waals surface area contributed by atoms with Gasteiger partial charge in [-0.15, -0.1) is 0 Å². The van der Waals surface area contributed by atoms with Gasteiger partial charge in [0.1, 0.15) is 17.9 Å². The van der Waals surface area contributed by atoms with E-state index in [-0.39, 0.29) is 18.9 Å². The van der Waals surface area contributed by atoms with Crippen LogP contribution in [0.15, 0.2) is 48.5 Å². The van der Waals surface area contributed by atoms with E-state index in [9.17, 15) is 14.4 Å². The molecule has 0 saturated heterocycles. The molecule has 0 radical (unpaired) electrons. The molecule has 0 bridgehead atoms. The molecule has 166 valence electrons. The molecule has 2 aromatic carbocycles. The van der Waals surface area contributed by atoms with Gasteiger partial charge in [-0.25, -0.2) is 4.79 Å². The van der Waals surface area contributed by atoms with E-state index in [1.165, 1.54) is 0 Å². The first-order valence-corrected chi connectivity index (χ1v) is 9.95. The third-order valence-corrected chi connectivity index (χ3v) is 4.04. The summed E-state index contributed by atoms with van der Waals surface area (Å²) in [7, 11) is 1.60. The highest BCUT2D eigenvalue weighted by Crippen LogP contribution is 2.20. The molecule has 0 saturated carbocycles. The number of rotatable bonds is 8. The molecule has 0 aliphatic carbocycles. The number of hydrogen-bond acceptors (Lipinski definition) is 5. The Kier molecular flexibility index (Phi) is 8.43. The van der Waals surface area contributed by atoms with Crippen molar-refractivity contribution in [2.24, 2.45) is 0 Å². The van der Waals surface area contributed by atoms with Gasteiger partial charge in [0.05, 0.1) is 7.11 Å². The minimum absolute atomic E-state index is 0.152. The molecule has 0 heterocycles. The van der Waals surface area contributed by atoms with Gasteiger partial charge >= 0.3 is 6.09 Å². The Morgan fingerprint density at radius 1 is 0.903 bits per heavy atom. The van der Waals surface area contributed by atoms with Gasteiger partial charge in [-0.3, -0.25) is 9.59 Å². The fourth-order valence-corrected chi connectivity index (χ4v) is 2.73. The second kappa shape index (κ2) is 11.0. The molecule has 8 heteroatoms. The quantitative estimate of drug-likeness (QED) is 0.595. The van der Waals surface area contributed by atoms with E-state index in [1.807, 2.05) is 24.3 Å². The van der Waals surface area contributed by atoms with Crippen LogP contribution < -0.4 is 20.7 Å². The van der Waals surface area contributed by atoms with Crippen molar-refractivity contribution in [1.82, 2.24) is 5.32 Å². The summed E-state index contributed by atoms with van der Waals surface area (Å²) in [5, 5.41) is 7.88. The first kappa shape index (κ1) is 23.7. The van der Waals surface area contributed by atoms with Crippen molar-refractivity contribution in [3.63, 3.8) is 0 Å². The number of carbonyl (C=O) groups excluding carboxylic acids is 3. The lowest BCUT2D eigenvalue weighted by Gasteiger charge is -2.19. The fraction of sp³-hybridized carbons (Fsp3) is 0.348. The van der Waals surface area contributed by atoms with E-state index in [0.29, 0.717) is 17.8 Å². The van der Waals surface area contributed by atoms with Crippen LogP contribution in [-0.2, 0) is 20.7 Å². The summed E-state index contributed by atoms with van der Waals surface area (Å²) in [6.45, 7) is 4.98. The molecular weight excluding hydrogens is 398 g/mol. The normalized spacial score (nSPS) is 10.7. The second-order valence-electron chi connectivity index (χ2n) is 7.84. The zero-order valence-electron chi connectivity index (χ0n) is 18.3. The molecular formula is C23H29N3O5. The van der Waals surface area contributed by atoms with Crippen molar-refractivity contribution in [2.75, 3.05) is 24.3 Å². The molecule has 0 aliphatic heterocycles. The van der Waals surface area contributed by atoms with Crippen molar-refractivity contribution >= 4 is 29.3 Å². The Balaban J connectivity index is 1.83. The Labute approximate surface area is 182 Å². The summed E-state index contributed by atoms with van der Waals surface area (Å²) in [4.78, 5) is 36.0. The van der Waals surface area contributed by atoms with Crippen molar-refractivity contribution < 1.29 is 23.9 Å². The zero-order chi connectivity index (χ0) is 22.9. The Morgan fingerprint density at radius 2 is 1.55 bits per heavy atom. The SMILES string of the molecule is COc1ccccc1CCC(=O)Nc1cccc(NC(=O)CNC(=O)OC(C)(C)C)c1. The van der Waals surface area contributed by atoms with Gasteiger partial charge in [-0.1, -0.05) is 24.3 Å². The fourth-order valence-electron chi connectivity index (χ4n) is 2.73. The number of aryl methyl sites for hydroxylation is 1. The van der Waals surface area contributed by atoms with Gasteiger partial charge in [0, 0.05) is 17.8 Å². The first-order chi connectivity index (χ1) is 14.7. The predicted octanol–water partition coefficient (Wildman–Crippen LogP) is 3.73. The number of ether oxygens (including phenoxy) is 2. The Bertz CT molecular complexity index is 921. The number of benzene rings is 2. The highest BCUT2D eigenvalue weighted by molar-refractivity contribution is 5.95. The molecule has 31 heavy (non-hydrogen) atoms. The number of carbonyl (C=O) groups is 3. The number of amides is 3. The molecule has 0 fully saturated rings. The van der Waals surface area contributed by atoms with Crippen molar-refractivity contribution in [2.45, 2.75) is 39.2 Å². The average molecular weight is 428 g/mol. The highest BCUT2D eigenvalue weighted by Gasteiger charge is 2.16. The van der Waals surface area contributed by atoms with Gasteiger partial charge in [-0.05, 0) is 57.0 Å². The molecule has 0 atom stereocenters. The Morgan fingerprint density at radius 3 is 2.19 bits per heavy atom. The average Bonchev–Trinajstić information content (AvgIpc) is 2.70. The minimum Gasteiger partial charge on any atom is -0.496 e. The third-order valence-electron chi connectivity index (χ3n) is 4.04. The van der Waals surface area contributed by atoms with Gasteiger partial charge in [0.25, 0.3) is 0 Å². The third kappa shape index (κ3) is 8.77. The molecule has 8 nitrogen and oxygen atoms in total. The van der Waals surface area contributed by atoms with Gasteiger partial charge in [0.15, 0.2) is 0 Å². The van der Waals surface area contributed by atoms with Gasteiger partial charge in [0.2, 0.25) is 11.8 Å². The summed E-state index contributed by atoms with van der Waals surface area (Å²) in [5.74, 6) is 0.187. The largest absolute Gasteiger partial charge is 0.496 e. The Hall–Kier alpha value is -3.55. The maximum atomic E-state index is 12.3. The predicted molar refractivity (Wildman–Crippen MR) is 119 cm³/mol. The number of anilines is 2. The molecule has 0 unspecified atom stereocenters. The minimum atomic E-state index is -0.668. The van der Waals surface area contributed by atoms with E-state index in [1.54, 1.807) is 52.1 Å². The zero-order valence-corrected chi connectivity index (χ0v) is 18.3. The lowest BCUT2D eigenvalue weighted by molar-refractivity contribution is -0.116. The van der Waals surface area contributed by atoms with E-state index in [4.69, 9.17) is 9.47 Å². The van der Waals surface area contributed by atoms with Crippen LogP contribution in [0.25, 0.3) is 0 Å². The van der Waals surface area contributed by atoms with Crippen LogP contribution in [0.1, 0.15) is 32.8 Å². The van der Waals surface area contributed by atoms with Crippen LogP contribution >= 0.6 is 0 Å². The number of para-hydroxylation sites is 1. The topological polar surface area (TPSA) is 106 Å². The summed E-state index contributed by atoms with van der Waals surface area (Å²) < 4.78 is 10.4. The molecule has 2 aromatic rings. The summed E-state index contributed by atoms with van der Waals surface area (Å²) in [6.07, 6.45) is 0.165. The second-order valence-corrected chi connectivity index (χ2v) is 7.84. The lowest BCUT2D eigenvalue weighted by Crippen LogP contribution is -2.37. The highest BCUT2D eigenvalue weighted by atomic mass is 16.6. The molecule has 2 rings (SSSR count). The number of nitrogens with one attached hydrogen (secondary N) is 3. The summed E-state index contributed by atoms with van der Waals surface area (Å²) in [6, 6.07) is 14.3. The molecule has 0 aromatic heterocycles. The molecule has 0 aliphatic rings. The lowest BCUT2D eigenvalue weighted by atomic mass is 10.1. The van der Waals surface area contributed by atoms with Gasteiger partial charge in [-0.2, -0.15) is 0 Å². The first-order valence-electron chi connectivity index (χ1n) is 9.95. The van der Waals surface area contributed by atoms with Crippen LogP contribution in [0.2, 0.25) is 0 Å². The van der Waals surface area contributed by atoms with Crippen LogP contribution in [0.5, 0.6) is 5.75 Å². The van der Waals surface area contributed by atoms with E-state index >= 15 is 0 Å². The van der Waals surface area contributed by atoms with Crippen molar-refractivity contribution in [3.8, 4) is 5.75 Å². The van der Waals surface area contributed by atoms with Crippen LogP contribution in [-0.4, -0.2) is 37.2 Å². The monoisotopic (exact) mass is 427 g/mol. The number of alkyl carbamates (subject to hydrolysis) is 1. The van der Waals surface area contributed by atoms with Crippen LogP contribution in [0.4, 0.5) is 16.2 Å². The standard InChI is InChI=1S/C23H29N3O5/c1-23(2,3)31-22(29)24-15-21(28)26-18-10-7-9-17(14-18)25-20(27)13-12-16-8-5-6-11-19(16)30-4/h5-11,14H,12-13,15H2,1-4H3,(H,24,29)(H,25,27)(H,26,28). The number of methoxy groups -OCH3 is 1. The van der Waals surface area contributed by atoms with Crippen LogP contribution in [0.3, 0.4) is 0 Å². The van der Waals surface area contributed by atoms with Crippen molar-refractivity contribution in [1.29, 1.82) is 0 Å². The maximum absolute atomic E-state index is 12.3. The molecule has 3 N–H and O–H groups in total. The van der Waals surface area contributed by atoms with E-state index in [2.05, 4.69) is 16.0 Å². The van der Waals surface area contributed by atoms with Crippen molar-refractivity contribution in [3.05, 3.63) is 54.1 Å². The number of hydrogen-bond donors (Lipinski definition) is 3. The van der Waals surface area contributed by atoms with E-state index in [0.717, 1.165) is 11.3 Å². The molecule has 0 spiro atoms. The smallest absolute Gasteiger partial charge is 0.408 e. The summed E-state index contributed by atoms with van der Waals surface area (Å²) >= 11 is 0. The summed E-state index contributed by atoms with van der Waals surface area (Å²) in [5.41, 5.74) is 1.37. The van der Waals surface area contributed by atoms with Crippen LogP contribution in [0, 0.1) is 0 Å².